The van der Waals surface area contributed by atoms with Crippen LogP contribution >= 0.6 is 11.3 Å². The van der Waals surface area contributed by atoms with Crippen molar-refractivity contribution < 1.29 is 14.3 Å². The van der Waals surface area contributed by atoms with Crippen molar-refractivity contribution in [3.63, 3.8) is 0 Å². The van der Waals surface area contributed by atoms with Gasteiger partial charge in [0.15, 0.2) is 0 Å². The summed E-state index contributed by atoms with van der Waals surface area (Å²) in [5.74, 6) is -0.0355. The number of piperidine rings is 1. The van der Waals surface area contributed by atoms with Crippen LogP contribution in [0.4, 0.5) is 0 Å². The number of aromatic nitrogens is 1. The molecule has 3 aliphatic rings. The molecule has 162 valence electrons. The van der Waals surface area contributed by atoms with E-state index >= 15 is 0 Å². The van der Waals surface area contributed by atoms with Crippen LogP contribution in [0.5, 0.6) is 0 Å². The number of hydrogen-bond acceptors (Lipinski definition) is 6. The SMILES string of the molecule is CN1CC2(CC(c3nc4ccccc4s3)C2)C1.COC(=O)C(=O)N1CCCC(C)C1. The molecule has 7 heteroatoms. The molecule has 3 fully saturated rings. The van der Waals surface area contributed by atoms with Crippen molar-refractivity contribution in [2.24, 2.45) is 11.3 Å². The molecule has 1 unspecified atom stereocenters. The van der Waals surface area contributed by atoms with Gasteiger partial charge in [-0.05, 0) is 56.2 Å². The van der Waals surface area contributed by atoms with Gasteiger partial charge in [-0.3, -0.25) is 4.79 Å². The number of hydrogen-bond donors (Lipinski definition) is 0. The van der Waals surface area contributed by atoms with Crippen LogP contribution < -0.4 is 0 Å². The number of fused-ring (bicyclic) bond motifs is 1. The van der Waals surface area contributed by atoms with Crippen LogP contribution in [0.2, 0.25) is 0 Å². The first-order chi connectivity index (χ1) is 14.4. The van der Waals surface area contributed by atoms with Crippen molar-refractivity contribution in [3.05, 3.63) is 29.3 Å². The fourth-order valence-corrected chi connectivity index (χ4v) is 6.24. The smallest absolute Gasteiger partial charge is 0.396 e. The summed E-state index contributed by atoms with van der Waals surface area (Å²) in [6.45, 7) is 6.03. The lowest BCUT2D eigenvalue weighted by atomic mass is 9.58. The molecule has 1 aromatic carbocycles. The molecule has 2 aromatic rings. The highest BCUT2D eigenvalue weighted by Gasteiger charge is 2.52. The number of para-hydroxylation sites is 1. The Balaban J connectivity index is 0.000000152. The Bertz CT molecular complexity index is 880. The third kappa shape index (κ3) is 4.37. The monoisotopic (exact) mass is 429 g/mol. The molecule has 0 N–H and O–H groups in total. The van der Waals surface area contributed by atoms with Gasteiger partial charge < -0.3 is 14.5 Å². The molecule has 1 saturated carbocycles. The lowest BCUT2D eigenvalue weighted by molar-refractivity contribution is -0.159. The van der Waals surface area contributed by atoms with Crippen LogP contribution in [-0.2, 0) is 14.3 Å². The Labute approximate surface area is 182 Å². The van der Waals surface area contributed by atoms with E-state index in [1.807, 2.05) is 11.3 Å². The Kier molecular flexibility index (Phi) is 6.11. The molecule has 1 aliphatic carbocycles. The number of carbonyl (C=O) groups is 2. The topological polar surface area (TPSA) is 62.7 Å². The Morgan fingerprint density at radius 3 is 2.60 bits per heavy atom. The average Bonchev–Trinajstić information content (AvgIpc) is 3.12. The Morgan fingerprint density at radius 1 is 1.23 bits per heavy atom. The van der Waals surface area contributed by atoms with E-state index < -0.39 is 11.9 Å². The molecule has 2 aliphatic heterocycles. The molecule has 1 spiro atoms. The van der Waals surface area contributed by atoms with Gasteiger partial charge in [-0.1, -0.05) is 19.1 Å². The summed E-state index contributed by atoms with van der Waals surface area (Å²) in [5.41, 5.74) is 1.84. The van der Waals surface area contributed by atoms with E-state index in [1.165, 1.54) is 48.3 Å². The van der Waals surface area contributed by atoms with Gasteiger partial charge in [0.05, 0.1) is 22.3 Å². The number of benzene rings is 1. The maximum atomic E-state index is 11.3. The minimum Gasteiger partial charge on any atom is -0.462 e. The number of rotatable bonds is 1. The van der Waals surface area contributed by atoms with Gasteiger partial charge in [-0.15, -0.1) is 11.3 Å². The number of likely N-dealkylation sites (tertiary alicyclic amines) is 2. The summed E-state index contributed by atoms with van der Waals surface area (Å²) in [5, 5.41) is 1.37. The van der Waals surface area contributed by atoms with E-state index in [0.717, 1.165) is 18.8 Å². The minimum atomic E-state index is -0.755. The second-order valence-corrected chi connectivity index (χ2v) is 10.3. The van der Waals surface area contributed by atoms with E-state index in [1.54, 1.807) is 4.90 Å². The van der Waals surface area contributed by atoms with E-state index in [9.17, 15) is 9.59 Å². The largest absolute Gasteiger partial charge is 0.462 e. The van der Waals surface area contributed by atoms with Crippen molar-refractivity contribution >= 4 is 33.4 Å². The first-order valence-corrected chi connectivity index (χ1v) is 11.6. The zero-order chi connectivity index (χ0) is 21.3. The number of ether oxygens (including phenoxy) is 1. The van der Waals surface area contributed by atoms with E-state index in [2.05, 4.69) is 47.9 Å². The maximum Gasteiger partial charge on any atom is 0.396 e. The predicted octanol–water partition coefficient (Wildman–Crippen LogP) is 3.52. The van der Waals surface area contributed by atoms with E-state index in [4.69, 9.17) is 4.98 Å². The summed E-state index contributed by atoms with van der Waals surface area (Å²) in [4.78, 5) is 31.0. The molecule has 1 aromatic heterocycles. The first kappa shape index (κ1) is 21.2. The third-order valence-corrected chi connectivity index (χ3v) is 7.73. The van der Waals surface area contributed by atoms with Gasteiger partial charge in [0, 0.05) is 32.1 Å². The molecular formula is C23H31N3O3S. The van der Waals surface area contributed by atoms with Crippen molar-refractivity contribution in [2.75, 3.05) is 40.3 Å². The average molecular weight is 430 g/mol. The predicted molar refractivity (Wildman–Crippen MR) is 119 cm³/mol. The first-order valence-electron chi connectivity index (χ1n) is 10.8. The Morgan fingerprint density at radius 2 is 1.97 bits per heavy atom. The van der Waals surface area contributed by atoms with Crippen LogP contribution in [0.3, 0.4) is 0 Å². The highest BCUT2D eigenvalue weighted by atomic mass is 32.1. The van der Waals surface area contributed by atoms with Gasteiger partial charge in [0.1, 0.15) is 0 Å². The highest BCUT2D eigenvalue weighted by Crippen LogP contribution is 2.56. The van der Waals surface area contributed by atoms with Crippen molar-refractivity contribution in [1.82, 2.24) is 14.8 Å². The summed E-state index contributed by atoms with van der Waals surface area (Å²) in [6, 6.07) is 8.49. The van der Waals surface area contributed by atoms with Crippen LogP contribution in [0.25, 0.3) is 10.2 Å². The van der Waals surface area contributed by atoms with Crippen molar-refractivity contribution in [1.29, 1.82) is 0 Å². The van der Waals surface area contributed by atoms with E-state index in [-0.39, 0.29) is 0 Å². The lowest BCUT2D eigenvalue weighted by Gasteiger charge is -2.58. The number of nitrogens with zero attached hydrogens (tertiary/aromatic N) is 3. The summed E-state index contributed by atoms with van der Waals surface area (Å²) >= 11 is 1.89. The van der Waals surface area contributed by atoms with Crippen LogP contribution in [0.15, 0.2) is 24.3 Å². The fraction of sp³-hybridized carbons (Fsp3) is 0.609. The highest BCUT2D eigenvalue weighted by molar-refractivity contribution is 7.18. The van der Waals surface area contributed by atoms with Gasteiger partial charge >= 0.3 is 11.9 Å². The zero-order valence-corrected chi connectivity index (χ0v) is 18.9. The summed E-state index contributed by atoms with van der Waals surface area (Å²) in [6.07, 6.45) is 4.82. The molecule has 0 bridgehead atoms. The molecule has 5 rings (SSSR count). The second kappa shape index (κ2) is 8.63. The quantitative estimate of drug-likeness (QED) is 0.513. The lowest BCUT2D eigenvalue weighted by Crippen LogP contribution is -2.59. The van der Waals surface area contributed by atoms with Crippen molar-refractivity contribution in [3.8, 4) is 0 Å². The maximum absolute atomic E-state index is 11.3. The van der Waals surface area contributed by atoms with E-state index in [0.29, 0.717) is 24.4 Å². The van der Waals surface area contributed by atoms with Crippen molar-refractivity contribution in [2.45, 2.75) is 38.5 Å². The molecule has 0 radical (unpaired) electrons. The summed E-state index contributed by atoms with van der Waals surface area (Å²) < 4.78 is 5.71. The fourth-order valence-electron chi connectivity index (χ4n) is 5.17. The number of carbonyl (C=O) groups excluding carboxylic acids is 2. The number of esters is 1. The zero-order valence-electron chi connectivity index (χ0n) is 18.1. The van der Waals surface area contributed by atoms with Crippen LogP contribution in [0.1, 0.15) is 43.5 Å². The van der Waals surface area contributed by atoms with Gasteiger partial charge in [0.2, 0.25) is 0 Å². The molecule has 3 heterocycles. The third-order valence-electron chi connectivity index (χ3n) is 6.53. The molecule has 6 nitrogen and oxygen atoms in total. The van der Waals surface area contributed by atoms with Gasteiger partial charge in [-0.25, -0.2) is 9.78 Å². The summed E-state index contributed by atoms with van der Waals surface area (Å²) in [7, 11) is 3.45. The molecule has 1 atom stereocenters. The minimum absolute atomic E-state index is 0.488. The standard InChI is InChI=1S/C14H16N2S.C9H15NO3/c1-16-8-14(9-16)6-10(7-14)13-15-11-4-2-3-5-12(11)17-13;1-7-4-3-5-10(6-7)8(11)9(12)13-2/h2-5,10H,6-9H2,1H3;7H,3-6H2,1-2H3. The molecule has 30 heavy (non-hydrogen) atoms. The molecule has 1 amide bonds. The number of amides is 1. The Hall–Kier alpha value is -1.99. The molecule has 2 saturated heterocycles. The second-order valence-electron chi connectivity index (χ2n) is 9.29. The van der Waals surface area contributed by atoms with Crippen LogP contribution in [-0.4, -0.2) is 67.0 Å². The van der Waals surface area contributed by atoms with Gasteiger partial charge in [-0.2, -0.15) is 0 Å². The number of thiazole rings is 1. The normalized spacial score (nSPS) is 23.3. The van der Waals surface area contributed by atoms with Gasteiger partial charge in [0.25, 0.3) is 0 Å². The number of methoxy groups -OCH3 is 1. The molecular weight excluding hydrogens is 398 g/mol. The van der Waals surface area contributed by atoms with Crippen LogP contribution in [0, 0.1) is 11.3 Å².